The lowest BCUT2D eigenvalue weighted by molar-refractivity contribution is -0.104. The number of benzene rings is 2. The topological polar surface area (TPSA) is 47.8 Å². The minimum absolute atomic E-state index is 0.269. The molecule has 4 aromatic rings. The van der Waals surface area contributed by atoms with Crippen LogP contribution in [0.25, 0.3) is 22.3 Å². The lowest BCUT2D eigenvalue weighted by Crippen LogP contribution is -2.07. The number of rotatable bonds is 5. The number of carbonyl (C=O) groups excluding carboxylic acids is 1. The maximum atomic E-state index is 14.7. The van der Waals surface area contributed by atoms with E-state index in [9.17, 15) is 13.6 Å². The van der Waals surface area contributed by atoms with E-state index < -0.39 is 11.6 Å². The molecule has 0 radical (unpaired) electrons. The van der Waals surface area contributed by atoms with Crippen molar-refractivity contribution in [3.8, 4) is 5.69 Å². The molecular formula is C22H15F2N3OS. The Morgan fingerprint density at radius 2 is 1.79 bits per heavy atom. The maximum absolute atomic E-state index is 14.7. The van der Waals surface area contributed by atoms with Crippen LogP contribution in [0.2, 0.25) is 0 Å². The molecule has 0 bridgehead atoms. The van der Waals surface area contributed by atoms with Gasteiger partial charge in [0, 0.05) is 17.2 Å². The van der Waals surface area contributed by atoms with Crippen LogP contribution in [0.1, 0.15) is 17.1 Å². The van der Waals surface area contributed by atoms with Crippen LogP contribution in [0.15, 0.2) is 66.9 Å². The van der Waals surface area contributed by atoms with Gasteiger partial charge in [0.05, 0.1) is 11.4 Å². The summed E-state index contributed by atoms with van der Waals surface area (Å²) >= 11 is 4.20. The van der Waals surface area contributed by atoms with E-state index in [0.717, 1.165) is 5.56 Å². The van der Waals surface area contributed by atoms with Crippen molar-refractivity contribution in [3.63, 3.8) is 0 Å². The Labute approximate surface area is 171 Å². The number of carbonyl (C=O) groups is 1. The van der Waals surface area contributed by atoms with Gasteiger partial charge in [-0.3, -0.25) is 9.36 Å². The number of hydrogen-bond acceptors (Lipinski definition) is 4. The monoisotopic (exact) mass is 407 g/mol. The summed E-state index contributed by atoms with van der Waals surface area (Å²) in [5.41, 5.74) is 1.72. The highest BCUT2D eigenvalue weighted by Crippen LogP contribution is 2.33. The molecule has 2 heterocycles. The molecule has 0 spiro atoms. The van der Waals surface area contributed by atoms with Crippen LogP contribution in [0.5, 0.6) is 0 Å². The van der Waals surface area contributed by atoms with Crippen molar-refractivity contribution in [1.82, 2.24) is 14.5 Å². The van der Waals surface area contributed by atoms with Gasteiger partial charge in [-0.2, -0.15) is 12.6 Å². The Bertz CT molecular complexity index is 1220. The van der Waals surface area contributed by atoms with E-state index in [2.05, 4.69) is 22.6 Å². The minimum atomic E-state index is -0.742. The predicted octanol–water partition coefficient (Wildman–Crippen LogP) is 4.76. The third kappa shape index (κ3) is 3.45. The SMILES string of the molecule is O=C/C=C(\c1ccccc1)c1cc2cnc(CS)nc2n1-c1c(F)cccc1F. The highest BCUT2D eigenvalue weighted by atomic mass is 32.1. The summed E-state index contributed by atoms with van der Waals surface area (Å²) in [6.07, 6.45) is 3.59. The Kier molecular flexibility index (Phi) is 5.22. The number of aromatic nitrogens is 3. The van der Waals surface area contributed by atoms with Gasteiger partial charge >= 0.3 is 0 Å². The smallest absolute Gasteiger partial charge is 0.150 e. The van der Waals surface area contributed by atoms with Crippen LogP contribution < -0.4 is 0 Å². The lowest BCUT2D eigenvalue weighted by Gasteiger charge is -2.15. The third-order valence-electron chi connectivity index (χ3n) is 4.49. The molecule has 4 nitrogen and oxygen atoms in total. The Morgan fingerprint density at radius 3 is 2.45 bits per heavy atom. The minimum Gasteiger partial charge on any atom is -0.299 e. The van der Waals surface area contributed by atoms with E-state index in [1.165, 1.54) is 28.8 Å². The molecule has 144 valence electrons. The van der Waals surface area contributed by atoms with Crippen molar-refractivity contribution < 1.29 is 13.6 Å². The molecule has 0 saturated carbocycles. The van der Waals surface area contributed by atoms with Crippen LogP contribution in [-0.4, -0.2) is 20.8 Å². The molecule has 0 aliphatic rings. The van der Waals surface area contributed by atoms with Gasteiger partial charge in [0.1, 0.15) is 35.1 Å². The number of halogens is 2. The first-order chi connectivity index (χ1) is 14.1. The van der Waals surface area contributed by atoms with Gasteiger partial charge in [0.2, 0.25) is 0 Å². The number of thiol groups is 1. The van der Waals surface area contributed by atoms with E-state index in [1.54, 1.807) is 12.3 Å². The summed E-state index contributed by atoms with van der Waals surface area (Å²) in [4.78, 5) is 20.0. The largest absolute Gasteiger partial charge is 0.299 e. The molecule has 0 N–H and O–H groups in total. The van der Waals surface area contributed by atoms with Gasteiger partial charge in [-0.1, -0.05) is 36.4 Å². The first-order valence-electron chi connectivity index (χ1n) is 8.78. The van der Waals surface area contributed by atoms with Gasteiger partial charge in [-0.25, -0.2) is 18.7 Å². The van der Waals surface area contributed by atoms with Crippen molar-refractivity contribution >= 4 is 35.5 Å². The van der Waals surface area contributed by atoms with Gasteiger partial charge < -0.3 is 0 Å². The fourth-order valence-electron chi connectivity index (χ4n) is 3.24. The van der Waals surface area contributed by atoms with E-state index >= 15 is 0 Å². The number of para-hydroxylation sites is 1. The second kappa shape index (κ2) is 7.97. The van der Waals surface area contributed by atoms with Crippen molar-refractivity contribution in [2.75, 3.05) is 0 Å². The molecule has 2 aromatic heterocycles. The van der Waals surface area contributed by atoms with E-state index in [1.807, 2.05) is 30.3 Å². The summed E-state index contributed by atoms with van der Waals surface area (Å²) < 4.78 is 30.9. The van der Waals surface area contributed by atoms with Gasteiger partial charge in [-0.05, 0) is 29.8 Å². The summed E-state index contributed by atoms with van der Waals surface area (Å²) in [6, 6.07) is 14.5. The molecule has 0 atom stereocenters. The second-order valence-electron chi connectivity index (χ2n) is 6.24. The molecule has 0 unspecified atom stereocenters. The fraction of sp³-hybridized carbons (Fsp3) is 0.0455. The average molecular weight is 407 g/mol. The average Bonchev–Trinajstić information content (AvgIpc) is 3.10. The van der Waals surface area contributed by atoms with Crippen molar-refractivity contribution in [2.24, 2.45) is 0 Å². The molecule has 2 aromatic carbocycles. The zero-order valence-corrected chi connectivity index (χ0v) is 16.0. The zero-order chi connectivity index (χ0) is 20.4. The van der Waals surface area contributed by atoms with Crippen LogP contribution in [-0.2, 0) is 10.5 Å². The third-order valence-corrected chi connectivity index (χ3v) is 4.77. The molecule has 29 heavy (non-hydrogen) atoms. The molecule has 7 heteroatoms. The van der Waals surface area contributed by atoms with E-state index in [4.69, 9.17) is 0 Å². The Hall–Kier alpha value is -3.32. The van der Waals surface area contributed by atoms with E-state index in [0.29, 0.717) is 34.4 Å². The molecule has 0 fully saturated rings. The number of aldehydes is 1. The highest BCUT2D eigenvalue weighted by molar-refractivity contribution is 7.79. The van der Waals surface area contributed by atoms with Crippen LogP contribution in [0, 0.1) is 11.6 Å². The molecule has 0 amide bonds. The summed E-state index contributed by atoms with van der Waals surface area (Å²) in [7, 11) is 0. The molecule has 0 saturated heterocycles. The molecule has 4 rings (SSSR count). The fourth-order valence-corrected chi connectivity index (χ4v) is 3.40. The van der Waals surface area contributed by atoms with Crippen molar-refractivity contribution in [1.29, 1.82) is 0 Å². The number of fused-ring (bicyclic) bond motifs is 1. The van der Waals surface area contributed by atoms with Crippen LogP contribution in [0.3, 0.4) is 0 Å². The first-order valence-corrected chi connectivity index (χ1v) is 9.41. The van der Waals surface area contributed by atoms with Gasteiger partial charge in [0.15, 0.2) is 0 Å². The highest BCUT2D eigenvalue weighted by Gasteiger charge is 2.22. The van der Waals surface area contributed by atoms with Crippen LogP contribution in [0.4, 0.5) is 8.78 Å². The summed E-state index contributed by atoms with van der Waals surface area (Å²) in [6.45, 7) is 0. The van der Waals surface area contributed by atoms with Gasteiger partial charge in [0.25, 0.3) is 0 Å². The lowest BCUT2D eigenvalue weighted by atomic mass is 10.0. The van der Waals surface area contributed by atoms with Crippen LogP contribution >= 0.6 is 12.6 Å². The standard InChI is InChI=1S/C22H15F2N3OS/c23-17-7-4-8-18(24)21(17)27-19(11-15-12-25-20(13-29)26-22(15)27)16(9-10-28)14-5-2-1-3-6-14/h1-12,29H,13H2/b16-9+. The van der Waals surface area contributed by atoms with Crippen molar-refractivity contribution in [3.05, 3.63) is 95.6 Å². The van der Waals surface area contributed by atoms with Crippen molar-refractivity contribution in [2.45, 2.75) is 5.75 Å². The normalized spacial score (nSPS) is 11.8. The number of nitrogens with zero attached hydrogens (tertiary/aromatic N) is 3. The maximum Gasteiger partial charge on any atom is 0.150 e. The molecule has 0 aliphatic heterocycles. The van der Waals surface area contributed by atoms with E-state index in [-0.39, 0.29) is 11.4 Å². The molecule has 0 aliphatic carbocycles. The second-order valence-corrected chi connectivity index (χ2v) is 6.56. The first kappa shape index (κ1) is 19.0. The number of allylic oxidation sites excluding steroid dienone is 1. The molecular weight excluding hydrogens is 392 g/mol. The Morgan fingerprint density at radius 1 is 1.07 bits per heavy atom. The number of hydrogen-bond donors (Lipinski definition) is 1. The Balaban J connectivity index is 2.12. The summed E-state index contributed by atoms with van der Waals surface area (Å²) in [5.74, 6) is -0.794. The van der Waals surface area contributed by atoms with Gasteiger partial charge in [-0.15, -0.1) is 0 Å². The zero-order valence-electron chi connectivity index (χ0n) is 15.1. The quantitative estimate of drug-likeness (QED) is 0.295. The summed E-state index contributed by atoms with van der Waals surface area (Å²) in [5, 5.41) is 0.584. The predicted molar refractivity (Wildman–Crippen MR) is 111 cm³/mol.